The van der Waals surface area contributed by atoms with E-state index < -0.39 is 5.97 Å². The van der Waals surface area contributed by atoms with Crippen molar-refractivity contribution in [1.82, 2.24) is 0 Å². The van der Waals surface area contributed by atoms with Crippen LogP contribution in [-0.4, -0.2) is 24.4 Å². The van der Waals surface area contributed by atoms with Crippen molar-refractivity contribution in [3.8, 4) is 0 Å². The smallest absolute Gasteiger partial charge is 0.328 e. The van der Waals surface area contributed by atoms with Gasteiger partial charge in [-0.25, -0.2) is 4.79 Å². The largest absolute Gasteiger partial charge is 0.478 e. The molecule has 0 spiro atoms. The van der Waals surface area contributed by atoms with Gasteiger partial charge in [-0.2, -0.15) is 0 Å². The molecule has 1 N–H and O–H groups in total. The first-order chi connectivity index (χ1) is 7.22. The Morgan fingerprint density at radius 2 is 1.93 bits per heavy atom. The molecule has 4 nitrogen and oxygen atoms in total. The van der Waals surface area contributed by atoms with Gasteiger partial charge < -0.3 is 9.94 Å². The highest BCUT2D eigenvalue weighted by Gasteiger charge is 1.90. The normalized spacial score (nSPS) is 11.0. The summed E-state index contributed by atoms with van der Waals surface area (Å²) in [6.45, 7) is 0. The number of carboxylic acid groups (broad SMARTS) is 1. The van der Waals surface area contributed by atoms with E-state index in [9.17, 15) is 4.79 Å². The van der Waals surface area contributed by atoms with Crippen LogP contribution in [0, 0.1) is 0 Å². The molecule has 0 bridgehead atoms. The Hall–Kier alpha value is -2.10. The molecule has 0 amide bonds. The average Bonchev–Trinajstić information content (AvgIpc) is 2.25. The van der Waals surface area contributed by atoms with Crippen LogP contribution in [-0.2, 0) is 9.63 Å². The molecule has 78 valence electrons. The van der Waals surface area contributed by atoms with E-state index >= 15 is 0 Å². The van der Waals surface area contributed by atoms with Crippen molar-refractivity contribution in [3.05, 3.63) is 41.5 Å². The van der Waals surface area contributed by atoms with E-state index in [2.05, 4.69) is 9.99 Å². The molecule has 0 atom stereocenters. The quantitative estimate of drug-likeness (QED) is 0.463. The lowest BCUT2D eigenvalue weighted by atomic mass is 10.1. The van der Waals surface area contributed by atoms with Gasteiger partial charge in [0, 0.05) is 6.08 Å². The van der Waals surface area contributed by atoms with Crippen molar-refractivity contribution < 1.29 is 14.7 Å². The second-order valence-corrected chi connectivity index (χ2v) is 2.76. The number of benzene rings is 1. The second kappa shape index (κ2) is 5.59. The Morgan fingerprint density at radius 1 is 1.33 bits per heavy atom. The molecule has 0 saturated carbocycles. The number of hydrogen-bond acceptors (Lipinski definition) is 3. The zero-order valence-corrected chi connectivity index (χ0v) is 8.25. The van der Waals surface area contributed by atoms with Gasteiger partial charge in [0.25, 0.3) is 0 Å². The minimum Gasteiger partial charge on any atom is -0.478 e. The molecule has 0 fully saturated rings. The summed E-state index contributed by atoms with van der Waals surface area (Å²) >= 11 is 0. The van der Waals surface area contributed by atoms with Gasteiger partial charge in [0.15, 0.2) is 0 Å². The highest BCUT2D eigenvalue weighted by molar-refractivity contribution is 5.85. The fraction of sp³-hybridized carbons (Fsp3) is 0.0909. The fourth-order valence-electron chi connectivity index (χ4n) is 0.974. The first kappa shape index (κ1) is 11.0. The average molecular weight is 205 g/mol. The summed E-state index contributed by atoms with van der Waals surface area (Å²) < 4.78 is 0. The fourth-order valence-corrected chi connectivity index (χ4v) is 0.974. The number of rotatable bonds is 4. The third kappa shape index (κ3) is 4.08. The van der Waals surface area contributed by atoms with Gasteiger partial charge in [-0.15, -0.1) is 0 Å². The van der Waals surface area contributed by atoms with Gasteiger partial charge in [0.2, 0.25) is 0 Å². The molecule has 4 heteroatoms. The van der Waals surface area contributed by atoms with E-state index in [-0.39, 0.29) is 0 Å². The van der Waals surface area contributed by atoms with E-state index in [0.717, 1.165) is 17.2 Å². The number of oxime groups is 1. The monoisotopic (exact) mass is 205 g/mol. The summed E-state index contributed by atoms with van der Waals surface area (Å²) in [6, 6.07) is 7.25. The molecular formula is C11H11NO3. The molecule has 1 rings (SSSR count). The van der Waals surface area contributed by atoms with E-state index in [1.54, 1.807) is 18.3 Å². The molecule has 0 aliphatic heterocycles. The maximum absolute atomic E-state index is 10.3. The predicted molar refractivity (Wildman–Crippen MR) is 57.7 cm³/mol. The zero-order chi connectivity index (χ0) is 11.1. The van der Waals surface area contributed by atoms with Crippen LogP contribution in [0.25, 0.3) is 6.08 Å². The Balaban J connectivity index is 2.72. The summed E-state index contributed by atoms with van der Waals surface area (Å²) in [5, 5.41) is 12.0. The maximum Gasteiger partial charge on any atom is 0.328 e. The molecule has 0 aliphatic rings. The van der Waals surface area contributed by atoms with Crippen molar-refractivity contribution in [2.24, 2.45) is 5.16 Å². The Kier molecular flexibility index (Phi) is 4.09. The van der Waals surface area contributed by atoms with Crippen LogP contribution < -0.4 is 0 Å². The summed E-state index contributed by atoms with van der Waals surface area (Å²) in [6.07, 6.45) is 4.20. The first-order valence-corrected chi connectivity index (χ1v) is 4.30. The number of nitrogens with zero attached hydrogens (tertiary/aromatic N) is 1. The van der Waals surface area contributed by atoms with Crippen molar-refractivity contribution >= 4 is 18.3 Å². The van der Waals surface area contributed by atoms with Gasteiger partial charge in [0.05, 0.1) is 6.21 Å². The number of aliphatic carboxylic acids is 1. The third-order valence-electron chi connectivity index (χ3n) is 1.66. The molecule has 1 aromatic rings. The SMILES string of the molecule is CON=Cc1ccc(C=CC(=O)O)cc1. The van der Waals surface area contributed by atoms with Crippen LogP contribution in [0.1, 0.15) is 11.1 Å². The molecule has 1 aromatic carbocycles. The van der Waals surface area contributed by atoms with Gasteiger partial charge in [-0.3, -0.25) is 0 Å². The maximum atomic E-state index is 10.3. The summed E-state index contributed by atoms with van der Waals surface area (Å²) in [5.74, 6) is -0.958. The van der Waals surface area contributed by atoms with Gasteiger partial charge in [0.1, 0.15) is 7.11 Å². The van der Waals surface area contributed by atoms with Gasteiger partial charge in [-0.1, -0.05) is 29.4 Å². The van der Waals surface area contributed by atoms with Crippen molar-refractivity contribution in [1.29, 1.82) is 0 Å². The molecule has 0 aromatic heterocycles. The minimum atomic E-state index is -0.958. The van der Waals surface area contributed by atoms with Crippen molar-refractivity contribution in [3.63, 3.8) is 0 Å². The lowest BCUT2D eigenvalue weighted by Crippen LogP contribution is -1.86. The molecule has 0 aliphatic carbocycles. The van der Waals surface area contributed by atoms with Crippen LogP contribution >= 0.6 is 0 Å². The van der Waals surface area contributed by atoms with Crippen LogP contribution in [0.2, 0.25) is 0 Å². The topological polar surface area (TPSA) is 58.9 Å². The lowest BCUT2D eigenvalue weighted by molar-refractivity contribution is -0.131. The highest BCUT2D eigenvalue weighted by Crippen LogP contribution is 2.04. The highest BCUT2D eigenvalue weighted by atomic mass is 16.6. The van der Waals surface area contributed by atoms with E-state index in [0.29, 0.717) is 0 Å². The minimum absolute atomic E-state index is 0.826. The van der Waals surface area contributed by atoms with Crippen LogP contribution in [0.4, 0.5) is 0 Å². The standard InChI is InChI=1S/C11H11NO3/c1-15-12-8-10-4-2-9(3-5-10)6-7-11(13)14/h2-8H,1H3,(H,13,14). The van der Waals surface area contributed by atoms with Crippen molar-refractivity contribution in [2.45, 2.75) is 0 Å². The van der Waals surface area contributed by atoms with E-state index in [1.807, 2.05) is 12.1 Å². The first-order valence-electron chi connectivity index (χ1n) is 4.30. The molecular weight excluding hydrogens is 194 g/mol. The molecule has 0 unspecified atom stereocenters. The van der Waals surface area contributed by atoms with E-state index in [4.69, 9.17) is 5.11 Å². The number of hydrogen-bond donors (Lipinski definition) is 1. The van der Waals surface area contributed by atoms with Gasteiger partial charge in [-0.05, 0) is 17.2 Å². The molecule has 0 radical (unpaired) electrons. The van der Waals surface area contributed by atoms with Crippen LogP contribution in [0.5, 0.6) is 0 Å². The van der Waals surface area contributed by atoms with Crippen LogP contribution in [0.15, 0.2) is 35.5 Å². The van der Waals surface area contributed by atoms with E-state index in [1.165, 1.54) is 13.2 Å². The van der Waals surface area contributed by atoms with Crippen molar-refractivity contribution in [2.75, 3.05) is 7.11 Å². The Morgan fingerprint density at radius 3 is 2.47 bits per heavy atom. The second-order valence-electron chi connectivity index (χ2n) is 2.76. The summed E-state index contributed by atoms with van der Waals surface area (Å²) in [5.41, 5.74) is 1.72. The molecule has 0 heterocycles. The molecule has 0 saturated heterocycles. The Labute approximate surface area is 87.5 Å². The predicted octanol–water partition coefficient (Wildman–Crippen LogP) is 1.76. The number of carboxylic acids is 1. The van der Waals surface area contributed by atoms with Gasteiger partial charge >= 0.3 is 5.97 Å². The van der Waals surface area contributed by atoms with Crippen LogP contribution in [0.3, 0.4) is 0 Å². The summed E-state index contributed by atoms with van der Waals surface area (Å²) in [7, 11) is 1.47. The lowest BCUT2D eigenvalue weighted by Gasteiger charge is -1.94. The molecule has 15 heavy (non-hydrogen) atoms. The third-order valence-corrected chi connectivity index (χ3v) is 1.66. The summed E-state index contributed by atoms with van der Waals surface area (Å²) in [4.78, 5) is 14.8. The zero-order valence-electron chi connectivity index (χ0n) is 8.25. The number of carbonyl (C=O) groups is 1. The Bertz CT molecular complexity index is 379.